The number of carbonyl (C=O) groups is 1. The fraction of sp³-hybridized carbons (Fsp3) is 0.632. The zero-order chi connectivity index (χ0) is 16.6. The van der Waals surface area contributed by atoms with Crippen molar-refractivity contribution >= 4 is 17.5 Å². The molecule has 1 aromatic carbocycles. The fourth-order valence-electron chi connectivity index (χ4n) is 4.39. The van der Waals surface area contributed by atoms with Crippen molar-refractivity contribution in [3.8, 4) is 0 Å². The van der Waals surface area contributed by atoms with Gasteiger partial charge in [-0.25, -0.2) is 0 Å². The van der Waals surface area contributed by atoms with Crippen LogP contribution in [0.5, 0.6) is 0 Å². The second-order valence-corrected chi connectivity index (χ2v) is 8.28. The van der Waals surface area contributed by atoms with Crippen LogP contribution in [0.25, 0.3) is 0 Å². The number of benzene rings is 1. The average Bonchev–Trinajstić information content (AvgIpc) is 2.93. The lowest BCUT2D eigenvalue weighted by atomic mass is 9.70. The maximum absolute atomic E-state index is 12.8. The van der Waals surface area contributed by atoms with E-state index in [1.54, 1.807) is 0 Å². The van der Waals surface area contributed by atoms with Crippen LogP contribution in [-0.4, -0.2) is 29.9 Å². The van der Waals surface area contributed by atoms with E-state index in [0.717, 1.165) is 43.8 Å². The predicted octanol–water partition coefficient (Wildman–Crippen LogP) is 3.81. The highest BCUT2D eigenvalue weighted by atomic mass is 35.5. The summed E-state index contributed by atoms with van der Waals surface area (Å²) in [6.07, 6.45) is 4.03. The normalized spacial score (nSPS) is 30.4. The second-order valence-electron chi connectivity index (χ2n) is 7.84. The van der Waals surface area contributed by atoms with Crippen molar-refractivity contribution in [3.05, 3.63) is 34.9 Å². The molecule has 0 aromatic heterocycles. The third kappa shape index (κ3) is 3.41. The van der Waals surface area contributed by atoms with Gasteiger partial charge in [-0.15, -0.1) is 0 Å². The summed E-state index contributed by atoms with van der Waals surface area (Å²) < 4.78 is 0. The van der Waals surface area contributed by atoms with Gasteiger partial charge in [-0.05, 0) is 48.3 Å². The first-order valence-electron chi connectivity index (χ1n) is 8.68. The Morgan fingerprint density at radius 1 is 1.22 bits per heavy atom. The van der Waals surface area contributed by atoms with Crippen molar-refractivity contribution < 1.29 is 4.79 Å². The van der Waals surface area contributed by atoms with E-state index in [0.29, 0.717) is 5.92 Å². The molecule has 1 heterocycles. The van der Waals surface area contributed by atoms with Gasteiger partial charge < -0.3 is 10.6 Å². The number of rotatable bonds is 2. The first-order chi connectivity index (χ1) is 10.9. The molecule has 1 saturated heterocycles. The van der Waals surface area contributed by atoms with Gasteiger partial charge in [0, 0.05) is 24.2 Å². The molecule has 2 fully saturated rings. The van der Waals surface area contributed by atoms with Crippen LogP contribution < -0.4 is 5.73 Å². The summed E-state index contributed by atoms with van der Waals surface area (Å²) in [5.41, 5.74) is 7.51. The minimum atomic E-state index is 0.0397. The molecule has 1 aliphatic carbocycles. The highest BCUT2D eigenvalue weighted by Gasteiger charge is 2.41. The number of hydrogen-bond acceptors (Lipinski definition) is 2. The van der Waals surface area contributed by atoms with Crippen molar-refractivity contribution in [1.29, 1.82) is 0 Å². The van der Waals surface area contributed by atoms with Crippen LogP contribution in [0, 0.1) is 11.3 Å². The Labute approximate surface area is 144 Å². The quantitative estimate of drug-likeness (QED) is 0.894. The molecule has 1 saturated carbocycles. The molecule has 4 heteroatoms. The average molecular weight is 335 g/mol. The molecule has 3 rings (SSSR count). The zero-order valence-corrected chi connectivity index (χ0v) is 14.9. The SMILES string of the molecule is CC1(C)CN(C(=O)[C@H]2CCC[C@H]2N)CCC1c1ccc(Cl)cc1. The van der Waals surface area contributed by atoms with Crippen LogP contribution in [0.4, 0.5) is 0 Å². The molecule has 1 aromatic rings. The number of carbonyl (C=O) groups excluding carboxylic acids is 1. The van der Waals surface area contributed by atoms with Crippen LogP contribution in [0.1, 0.15) is 51.0 Å². The van der Waals surface area contributed by atoms with Gasteiger partial charge in [-0.3, -0.25) is 4.79 Å². The lowest BCUT2D eigenvalue weighted by Gasteiger charge is -2.45. The van der Waals surface area contributed by atoms with E-state index in [-0.39, 0.29) is 23.3 Å². The smallest absolute Gasteiger partial charge is 0.227 e. The molecule has 3 atom stereocenters. The Morgan fingerprint density at radius 2 is 1.91 bits per heavy atom. The van der Waals surface area contributed by atoms with Gasteiger partial charge in [-0.2, -0.15) is 0 Å². The third-order valence-electron chi connectivity index (χ3n) is 5.70. The van der Waals surface area contributed by atoms with Crippen LogP contribution in [-0.2, 0) is 4.79 Å². The highest BCUT2D eigenvalue weighted by molar-refractivity contribution is 6.30. The Morgan fingerprint density at radius 3 is 2.48 bits per heavy atom. The Hall–Kier alpha value is -1.06. The standard InChI is InChI=1S/C19H27ClN2O/c1-19(2)12-22(18(23)15-4-3-5-17(15)21)11-10-16(19)13-6-8-14(20)9-7-13/h6-9,15-17H,3-5,10-12,21H2,1-2H3/t15-,16?,17+/m0/s1. The summed E-state index contributed by atoms with van der Waals surface area (Å²) in [6, 6.07) is 8.22. The van der Waals surface area contributed by atoms with Crippen molar-refractivity contribution in [1.82, 2.24) is 4.90 Å². The fourth-order valence-corrected chi connectivity index (χ4v) is 4.51. The first-order valence-corrected chi connectivity index (χ1v) is 9.06. The van der Waals surface area contributed by atoms with Crippen LogP contribution >= 0.6 is 11.6 Å². The van der Waals surface area contributed by atoms with E-state index in [2.05, 4.69) is 30.9 Å². The number of likely N-dealkylation sites (tertiary alicyclic amines) is 1. The first kappa shape index (κ1) is 16.8. The van der Waals surface area contributed by atoms with Crippen molar-refractivity contribution in [2.75, 3.05) is 13.1 Å². The summed E-state index contributed by atoms with van der Waals surface area (Å²) in [5.74, 6) is 0.775. The summed E-state index contributed by atoms with van der Waals surface area (Å²) in [6.45, 7) is 6.17. The van der Waals surface area contributed by atoms with Crippen molar-refractivity contribution in [2.24, 2.45) is 17.1 Å². The van der Waals surface area contributed by atoms with Gasteiger partial charge in [0.1, 0.15) is 0 Å². The van der Waals surface area contributed by atoms with E-state index in [1.807, 2.05) is 12.1 Å². The van der Waals surface area contributed by atoms with E-state index in [9.17, 15) is 4.79 Å². The van der Waals surface area contributed by atoms with Crippen LogP contribution in [0.2, 0.25) is 5.02 Å². The minimum absolute atomic E-state index is 0.0397. The number of amides is 1. The molecule has 0 radical (unpaired) electrons. The summed E-state index contributed by atoms with van der Waals surface area (Å²) >= 11 is 6.01. The van der Waals surface area contributed by atoms with E-state index in [4.69, 9.17) is 17.3 Å². The molecule has 1 aliphatic heterocycles. The molecular weight excluding hydrogens is 308 g/mol. The van der Waals surface area contributed by atoms with Gasteiger partial charge in [0.15, 0.2) is 0 Å². The largest absolute Gasteiger partial charge is 0.342 e. The summed E-state index contributed by atoms with van der Waals surface area (Å²) in [5, 5.41) is 0.773. The van der Waals surface area contributed by atoms with Gasteiger partial charge in [0.05, 0.1) is 5.92 Å². The molecule has 0 spiro atoms. The van der Waals surface area contributed by atoms with Crippen molar-refractivity contribution in [3.63, 3.8) is 0 Å². The van der Waals surface area contributed by atoms with Gasteiger partial charge in [-0.1, -0.05) is 44.0 Å². The molecule has 2 N–H and O–H groups in total. The molecule has 1 unspecified atom stereocenters. The molecular formula is C19H27ClN2O. The van der Waals surface area contributed by atoms with Crippen LogP contribution in [0.15, 0.2) is 24.3 Å². The molecule has 3 nitrogen and oxygen atoms in total. The van der Waals surface area contributed by atoms with Gasteiger partial charge in [0.25, 0.3) is 0 Å². The lowest BCUT2D eigenvalue weighted by Crippen LogP contribution is -2.50. The molecule has 126 valence electrons. The minimum Gasteiger partial charge on any atom is -0.342 e. The molecule has 23 heavy (non-hydrogen) atoms. The molecule has 1 amide bonds. The maximum atomic E-state index is 12.8. The number of nitrogens with two attached hydrogens (primary N) is 1. The Balaban J connectivity index is 1.72. The Bertz CT molecular complexity index is 569. The van der Waals surface area contributed by atoms with Gasteiger partial charge >= 0.3 is 0 Å². The van der Waals surface area contributed by atoms with Crippen molar-refractivity contribution in [2.45, 2.75) is 51.5 Å². The summed E-state index contributed by atoms with van der Waals surface area (Å²) in [4.78, 5) is 14.9. The second kappa shape index (κ2) is 6.45. The summed E-state index contributed by atoms with van der Waals surface area (Å²) in [7, 11) is 0. The topological polar surface area (TPSA) is 46.3 Å². The number of piperidine rings is 1. The predicted molar refractivity (Wildman–Crippen MR) is 94.5 cm³/mol. The molecule has 2 aliphatic rings. The number of hydrogen-bond donors (Lipinski definition) is 1. The zero-order valence-electron chi connectivity index (χ0n) is 14.1. The van der Waals surface area contributed by atoms with Crippen LogP contribution in [0.3, 0.4) is 0 Å². The third-order valence-corrected chi connectivity index (χ3v) is 5.95. The monoisotopic (exact) mass is 334 g/mol. The van der Waals surface area contributed by atoms with Gasteiger partial charge in [0.2, 0.25) is 5.91 Å². The number of nitrogens with zero attached hydrogens (tertiary/aromatic N) is 1. The maximum Gasteiger partial charge on any atom is 0.227 e. The van der Waals surface area contributed by atoms with E-state index in [1.165, 1.54) is 5.56 Å². The highest BCUT2D eigenvalue weighted by Crippen LogP contribution is 2.43. The number of halogens is 1. The van der Waals surface area contributed by atoms with E-state index < -0.39 is 0 Å². The van der Waals surface area contributed by atoms with E-state index >= 15 is 0 Å². The lowest BCUT2D eigenvalue weighted by molar-refractivity contribution is -0.139. The Kier molecular flexibility index (Phi) is 4.70. The molecule has 0 bridgehead atoms.